The van der Waals surface area contributed by atoms with Crippen molar-refractivity contribution in [3.05, 3.63) is 53.6 Å². The third-order valence-electron chi connectivity index (χ3n) is 4.60. The second-order valence-electron chi connectivity index (χ2n) is 6.84. The van der Waals surface area contributed by atoms with Crippen molar-refractivity contribution in [1.29, 1.82) is 0 Å². The number of aliphatic hydroxyl groups is 1. The molecule has 1 aromatic heterocycles. The molecule has 3 rings (SSSR count). The third-order valence-corrected chi connectivity index (χ3v) is 6.69. The van der Waals surface area contributed by atoms with Crippen LogP contribution in [0.5, 0.6) is 0 Å². The summed E-state index contributed by atoms with van der Waals surface area (Å²) in [7, 11) is -3.90. The highest BCUT2D eigenvalue weighted by Gasteiger charge is 2.27. The normalized spacial score (nSPS) is 11.7. The number of rotatable bonds is 10. The van der Waals surface area contributed by atoms with Crippen LogP contribution in [0.2, 0.25) is 5.02 Å². The van der Waals surface area contributed by atoms with E-state index in [0.717, 1.165) is 19.3 Å². The molecule has 1 heterocycles. The number of nitrogens with one attached hydrogen (secondary N) is 3. The SMILES string of the molecule is O=C(CNCCCCCO)Nc1[nH]c2ccc(Cl)cc2c1S(=O)(=O)c1ccccc1. The van der Waals surface area contributed by atoms with E-state index in [4.69, 9.17) is 16.7 Å². The van der Waals surface area contributed by atoms with Gasteiger partial charge in [-0.15, -0.1) is 0 Å². The molecule has 0 bridgehead atoms. The molecular formula is C21H24ClN3O4S. The number of hydrogen-bond donors (Lipinski definition) is 4. The molecule has 0 fully saturated rings. The van der Waals surface area contributed by atoms with Gasteiger partial charge in [0.1, 0.15) is 10.7 Å². The van der Waals surface area contributed by atoms with Gasteiger partial charge in [0.05, 0.1) is 11.4 Å². The van der Waals surface area contributed by atoms with E-state index in [9.17, 15) is 13.2 Å². The van der Waals surface area contributed by atoms with Crippen LogP contribution in [0.25, 0.3) is 10.9 Å². The van der Waals surface area contributed by atoms with Crippen LogP contribution in [-0.2, 0) is 14.6 Å². The molecule has 1 amide bonds. The number of unbranched alkanes of at least 4 members (excludes halogenated alkanes) is 2. The molecule has 0 spiro atoms. The van der Waals surface area contributed by atoms with Crippen molar-refractivity contribution in [3.8, 4) is 0 Å². The molecule has 4 N–H and O–H groups in total. The van der Waals surface area contributed by atoms with E-state index in [-0.39, 0.29) is 34.7 Å². The Morgan fingerprint density at radius 1 is 1.07 bits per heavy atom. The molecule has 0 saturated heterocycles. The van der Waals surface area contributed by atoms with Crippen LogP contribution in [0.3, 0.4) is 0 Å². The van der Waals surface area contributed by atoms with Gasteiger partial charge in [0.2, 0.25) is 15.7 Å². The lowest BCUT2D eigenvalue weighted by atomic mass is 10.2. The number of anilines is 1. The van der Waals surface area contributed by atoms with Crippen LogP contribution in [0.4, 0.5) is 5.82 Å². The molecule has 0 aliphatic carbocycles. The lowest BCUT2D eigenvalue weighted by molar-refractivity contribution is -0.115. The minimum absolute atomic E-state index is 0.0116. The van der Waals surface area contributed by atoms with Crippen molar-refractivity contribution in [2.75, 3.05) is 25.0 Å². The minimum Gasteiger partial charge on any atom is -0.396 e. The summed E-state index contributed by atoms with van der Waals surface area (Å²) in [5.41, 5.74) is 0.557. The van der Waals surface area contributed by atoms with Gasteiger partial charge in [-0.2, -0.15) is 0 Å². The number of benzene rings is 2. The van der Waals surface area contributed by atoms with Crippen LogP contribution in [0, 0.1) is 0 Å². The van der Waals surface area contributed by atoms with Gasteiger partial charge in [-0.25, -0.2) is 8.42 Å². The largest absolute Gasteiger partial charge is 0.396 e. The number of carbonyl (C=O) groups is 1. The van der Waals surface area contributed by atoms with Crippen LogP contribution in [0.15, 0.2) is 58.3 Å². The first kappa shape index (κ1) is 22.3. The van der Waals surface area contributed by atoms with E-state index in [0.29, 0.717) is 22.5 Å². The van der Waals surface area contributed by atoms with Gasteiger partial charge in [0.15, 0.2) is 0 Å². The van der Waals surface area contributed by atoms with Crippen molar-refractivity contribution >= 4 is 44.1 Å². The average Bonchev–Trinajstić information content (AvgIpc) is 3.08. The number of aliphatic hydroxyl groups excluding tert-OH is 1. The summed E-state index contributed by atoms with van der Waals surface area (Å²) in [6, 6.07) is 13.0. The number of halogens is 1. The van der Waals surface area contributed by atoms with E-state index in [1.807, 2.05) is 0 Å². The summed E-state index contributed by atoms with van der Waals surface area (Å²) in [6.45, 7) is 0.828. The summed E-state index contributed by atoms with van der Waals surface area (Å²) >= 11 is 6.10. The van der Waals surface area contributed by atoms with Crippen LogP contribution >= 0.6 is 11.6 Å². The zero-order valence-corrected chi connectivity index (χ0v) is 17.9. The van der Waals surface area contributed by atoms with Gasteiger partial charge in [0.25, 0.3) is 0 Å². The van der Waals surface area contributed by atoms with E-state index >= 15 is 0 Å². The Balaban J connectivity index is 1.86. The number of aromatic amines is 1. The molecule has 160 valence electrons. The maximum Gasteiger partial charge on any atom is 0.239 e. The summed E-state index contributed by atoms with van der Waals surface area (Å²) < 4.78 is 26.7. The zero-order valence-electron chi connectivity index (χ0n) is 16.3. The van der Waals surface area contributed by atoms with E-state index in [2.05, 4.69) is 15.6 Å². The smallest absolute Gasteiger partial charge is 0.239 e. The molecule has 0 saturated carbocycles. The van der Waals surface area contributed by atoms with Crippen molar-refractivity contribution in [1.82, 2.24) is 10.3 Å². The number of carbonyl (C=O) groups excluding carboxylic acids is 1. The fraction of sp³-hybridized carbons (Fsp3) is 0.286. The first-order chi connectivity index (χ1) is 14.4. The molecule has 0 aliphatic rings. The summed E-state index contributed by atoms with van der Waals surface area (Å²) in [5.74, 6) is -0.248. The maximum absolute atomic E-state index is 13.3. The highest BCUT2D eigenvalue weighted by Crippen LogP contribution is 2.36. The van der Waals surface area contributed by atoms with Crippen molar-refractivity contribution in [3.63, 3.8) is 0 Å². The fourth-order valence-corrected chi connectivity index (χ4v) is 4.90. The lowest BCUT2D eigenvalue weighted by Gasteiger charge is -2.09. The molecular weight excluding hydrogens is 426 g/mol. The fourth-order valence-electron chi connectivity index (χ4n) is 3.15. The van der Waals surface area contributed by atoms with Crippen molar-refractivity contribution in [2.24, 2.45) is 0 Å². The molecule has 0 aliphatic heterocycles. The van der Waals surface area contributed by atoms with E-state index in [1.165, 1.54) is 12.1 Å². The predicted octanol–water partition coefficient (Wildman–Crippen LogP) is 3.34. The highest BCUT2D eigenvalue weighted by atomic mass is 35.5. The molecule has 30 heavy (non-hydrogen) atoms. The van der Waals surface area contributed by atoms with Crippen molar-refractivity contribution in [2.45, 2.75) is 29.1 Å². The third kappa shape index (κ3) is 5.20. The van der Waals surface area contributed by atoms with E-state index in [1.54, 1.807) is 36.4 Å². The van der Waals surface area contributed by atoms with Gasteiger partial charge in [0, 0.05) is 22.5 Å². The topological polar surface area (TPSA) is 111 Å². The average molecular weight is 450 g/mol. The summed E-state index contributed by atoms with van der Waals surface area (Å²) in [4.78, 5) is 15.5. The van der Waals surface area contributed by atoms with Crippen LogP contribution < -0.4 is 10.6 Å². The molecule has 9 heteroatoms. The Hall–Kier alpha value is -2.39. The van der Waals surface area contributed by atoms with Gasteiger partial charge in [-0.3, -0.25) is 4.79 Å². The molecule has 0 radical (unpaired) electrons. The quantitative estimate of drug-likeness (QED) is 0.355. The molecule has 0 unspecified atom stereocenters. The Morgan fingerprint density at radius 3 is 2.57 bits per heavy atom. The Morgan fingerprint density at radius 2 is 1.83 bits per heavy atom. The van der Waals surface area contributed by atoms with Crippen LogP contribution in [0.1, 0.15) is 19.3 Å². The van der Waals surface area contributed by atoms with Gasteiger partial charge >= 0.3 is 0 Å². The van der Waals surface area contributed by atoms with Gasteiger partial charge < -0.3 is 20.7 Å². The second kappa shape index (κ2) is 10.1. The highest BCUT2D eigenvalue weighted by molar-refractivity contribution is 7.92. The summed E-state index contributed by atoms with van der Waals surface area (Å²) in [6.07, 6.45) is 2.44. The lowest BCUT2D eigenvalue weighted by Crippen LogP contribution is -2.29. The number of fused-ring (bicyclic) bond motifs is 1. The van der Waals surface area contributed by atoms with Crippen LogP contribution in [-0.4, -0.2) is 44.1 Å². The first-order valence-corrected chi connectivity index (χ1v) is 11.5. The monoisotopic (exact) mass is 449 g/mol. The number of hydrogen-bond acceptors (Lipinski definition) is 5. The van der Waals surface area contributed by atoms with Crippen molar-refractivity contribution < 1.29 is 18.3 Å². The zero-order chi connectivity index (χ0) is 21.6. The minimum atomic E-state index is -3.90. The van der Waals surface area contributed by atoms with E-state index < -0.39 is 9.84 Å². The van der Waals surface area contributed by atoms with Gasteiger partial charge in [-0.1, -0.05) is 29.8 Å². The standard InChI is InChI=1S/C21H24ClN3O4S/c22-15-9-10-18-17(13-15)20(30(28,29)16-7-3-1-4-8-16)21(24-18)25-19(27)14-23-11-5-2-6-12-26/h1,3-4,7-10,13,23-24,26H,2,5-6,11-12,14H2,(H,25,27). The Kier molecular flexibility index (Phi) is 7.49. The summed E-state index contributed by atoms with van der Waals surface area (Å²) in [5, 5.41) is 15.3. The Bertz CT molecular complexity index is 1110. The number of sulfone groups is 1. The molecule has 7 nitrogen and oxygen atoms in total. The number of H-pyrrole nitrogens is 1. The molecule has 2 aromatic carbocycles. The number of aromatic nitrogens is 1. The predicted molar refractivity (Wildman–Crippen MR) is 118 cm³/mol. The molecule has 3 aromatic rings. The maximum atomic E-state index is 13.3. The second-order valence-corrected chi connectivity index (χ2v) is 9.17. The Labute approximate surface area is 180 Å². The molecule has 0 atom stereocenters. The number of amides is 1. The first-order valence-electron chi connectivity index (χ1n) is 9.66. The van der Waals surface area contributed by atoms with Gasteiger partial charge in [-0.05, 0) is 56.1 Å².